The molecule has 1 aliphatic heterocycles. The number of amides is 1. The average Bonchev–Trinajstić information content (AvgIpc) is 2.72. The van der Waals surface area contributed by atoms with Crippen LogP contribution in [0.25, 0.3) is 0 Å². The molecule has 0 radical (unpaired) electrons. The van der Waals surface area contributed by atoms with Crippen LogP contribution in [0.3, 0.4) is 0 Å². The van der Waals surface area contributed by atoms with Crippen LogP contribution in [0.1, 0.15) is 40.2 Å². The van der Waals surface area contributed by atoms with Crippen molar-refractivity contribution < 1.29 is 22.1 Å². The van der Waals surface area contributed by atoms with Crippen molar-refractivity contribution in [2.24, 2.45) is 5.41 Å². The number of hydrogen-bond acceptors (Lipinski definition) is 5. The number of nitrogens with zero attached hydrogens (tertiary/aromatic N) is 1. The van der Waals surface area contributed by atoms with Crippen molar-refractivity contribution >= 4 is 16.2 Å². The summed E-state index contributed by atoms with van der Waals surface area (Å²) in [6.07, 6.45) is -1.09. The molecule has 1 fully saturated rings. The van der Waals surface area contributed by atoms with Crippen LogP contribution in [0.5, 0.6) is 0 Å². The van der Waals surface area contributed by atoms with Gasteiger partial charge in [-0.05, 0) is 39.8 Å². The molecule has 140 valence electrons. The number of aryl methyl sites for hydroxylation is 1. The first-order chi connectivity index (χ1) is 11.3. The molecule has 0 bridgehead atoms. The topological polar surface area (TPSA) is 72.9 Å². The molecule has 1 atom stereocenters. The summed E-state index contributed by atoms with van der Waals surface area (Å²) in [4.78, 5) is 13.9. The van der Waals surface area contributed by atoms with Crippen molar-refractivity contribution in [1.29, 1.82) is 0 Å². The van der Waals surface area contributed by atoms with Crippen molar-refractivity contribution in [3.63, 3.8) is 0 Å². The van der Waals surface area contributed by atoms with Crippen molar-refractivity contribution in [3.05, 3.63) is 29.8 Å². The zero-order chi connectivity index (χ0) is 19.0. The van der Waals surface area contributed by atoms with Gasteiger partial charge in [-0.25, -0.2) is 4.79 Å². The molecule has 1 saturated heterocycles. The molecule has 25 heavy (non-hydrogen) atoms. The average molecular weight is 369 g/mol. The van der Waals surface area contributed by atoms with E-state index < -0.39 is 33.3 Å². The number of likely N-dealkylation sites (tertiary alicyclic amines) is 1. The largest absolute Gasteiger partial charge is 0.444 e. The predicted molar refractivity (Wildman–Crippen MR) is 94.8 cm³/mol. The van der Waals surface area contributed by atoms with Gasteiger partial charge in [0.15, 0.2) is 0 Å². The normalized spacial score (nSPS) is 20.6. The molecule has 1 amide bonds. The molecule has 0 aliphatic carbocycles. The third kappa shape index (κ3) is 4.95. The molecule has 0 saturated carbocycles. The first-order valence-electron chi connectivity index (χ1n) is 8.28. The Labute approximate surface area is 150 Å². The monoisotopic (exact) mass is 369 g/mol. The number of rotatable bonds is 3. The summed E-state index contributed by atoms with van der Waals surface area (Å²) < 4.78 is 35.9. The molecule has 0 N–H and O–H groups in total. The van der Waals surface area contributed by atoms with Gasteiger partial charge in [-0.2, -0.15) is 8.42 Å². The Kier molecular flexibility index (Phi) is 5.21. The van der Waals surface area contributed by atoms with E-state index in [1.165, 1.54) is 17.0 Å². The Balaban J connectivity index is 2.14. The maximum atomic E-state index is 12.5. The fraction of sp³-hybridized carbons (Fsp3) is 0.611. The van der Waals surface area contributed by atoms with Gasteiger partial charge in [-0.3, -0.25) is 4.18 Å². The van der Waals surface area contributed by atoms with E-state index in [9.17, 15) is 13.2 Å². The fourth-order valence-electron chi connectivity index (χ4n) is 2.65. The molecular formula is C18H27NO5S. The highest BCUT2D eigenvalue weighted by Gasteiger charge is 2.45. The van der Waals surface area contributed by atoms with E-state index in [1.54, 1.807) is 32.9 Å². The molecule has 1 unspecified atom stereocenters. The number of ether oxygens (including phenoxy) is 1. The first-order valence-corrected chi connectivity index (χ1v) is 9.69. The van der Waals surface area contributed by atoms with Crippen LogP contribution in [-0.4, -0.2) is 44.2 Å². The van der Waals surface area contributed by atoms with Gasteiger partial charge in [0, 0.05) is 12.0 Å². The van der Waals surface area contributed by atoms with E-state index >= 15 is 0 Å². The van der Waals surface area contributed by atoms with Crippen molar-refractivity contribution in [1.82, 2.24) is 4.90 Å². The SMILES string of the molecule is Cc1ccc(S(=O)(=O)OC2CN(C(=O)OC(C)(C)C)CC2(C)C)cc1. The van der Waals surface area contributed by atoms with Gasteiger partial charge in [0.2, 0.25) is 0 Å². The van der Waals surface area contributed by atoms with E-state index in [0.717, 1.165) is 5.56 Å². The van der Waals surface area contributed by atoms with Gasteiger partial charge < -0.3 is 9.64 Å². The zero-order valence-corrected chi connectivity index (χ0v) is 16.5. The Morgan fingerprint density at radius 1 is 1.20 bits per heavy atom. The molecule has 7 heteroatoms. The lowest BCUT2D eigenvalue weighted by Gasteiger charge is -2.25. The molecular weight excluding hydrogens is 342 g/mol. The molecule has 0 aromatic heterocycles. The lowest BCUT2D eigenvalue weighted by atomic mass is 9.90. The molecule has 1 heterocycles. The number of hydrogen-bond donors (Lipinski definition) is 0. The second-order valence-electron chi connectivity index (χ2n) is 8.20. The van der Waals surface area contributed by atoms with Crippen molar-refractivity contribution in [2.45, 2.75) is 58.1 Å². The van der Waals surface area contributed by atoms with Crippen LogP contribution in [0.4, 0.5) is 4.79 Å². The predicted octanol–water partition coefficient (Wildman–Crippen LogP) is 3.35. The second kappa shape index (κ2) is 6.61. The maximum Gasteiger partial charge on any atom is 0.410 e. The molecule has 2 rings (SSSR count). The lowest BCUT2D eigenvalue weighted by molar-refractivity contribution is 0.0272. The van der Waals surface area contributed by atoms with E-state index in [4.69, 9.17) is 8.92 Å². The third-order valence-electron chi connectivity index (χ3n) is 4.06. The number of carbonyl (C=O) groups is 1. The van der Waals surface area contributed by atoms with Crippen LogP contribution in [0, 0.1) is 12.3 Å². The van der Waals surface area contributed by atoms with E-state index in [1.807, 2.05) is 20.8 Å². The first kappa shape index (κ1) is 19.7. The minimum atomic E-state index is -3.89. The number of carbonyl (C=O) groups excluding carboxylic acids is 1. The van der Waals surface area contributed by atoms with Gasteiger partial charge in [0.05, 0.1) is 11.4 Å². The Morgan fingerprint density at radius 2 is 1.76 bits per heavy atom. The highest BCUT2D eigenvalue weighted by molar-refractivity contribution is 7.86. The van der Waals surface area contributed by atoms with Gasteiger partial charge in [-0.15, -0.1) is 0 Å². The van der Waals surface area contributed by atoms with E-state index in [0.29, 0.717) is 6.54 Å². The van der Waals surface area contributed by atoms with Gasteiger partial charge >= 0.3 is 6.09 Å². The van der Waals surface area contributed by atoms with E-state index in [2.05, 4.69) is 0 Å². The summed E-state index contributed by atoms with van der Waals surface area (Å²) in [6, 6.07) is 6.50. The lowest BCUT2D eigenvalue weighted by Crippen LogP contribution is -2.36. The van der Waals surface area contributed by atoms with E-state index in [-0.39, 0.29) is 11.4 Å². The molecule has 1 aromatic rings. The highest BCUT2D eigenvalue weighted by atomic mass is 32.2. The minimum absolute atomic E-state index is 0.115. The van der Waals surface area contributed by atoms with Crippen LogP contribution in [-0.2, 0) is 19.0 Å². The Hall–Kier alpha value is -1.60. The fourth-order valence-corrected chi connectivity index (χ4v) is 3.85. The van der Waals surface area contributed by atoms with Gasteiger partial charge in [0.1, 0.15) is 11.7 Å². The summed E-state index contributed by atoms with van der Waals surface area (Å²) in [5, 5.41) is 0. The van der Waals surface area contributed by atoms with Crippen LogP contribution in [0.15, 0.2) is 29.2 Å². The Morgan fingerprint density at radius 3 is 2.28 bits per heavy atom. The smallest absolute Gasteiger partial charge is 0.410 e. The summed E-state index contributed by atoms with van der Waals surface area (Å²) in [5.74, 6) is 0. The highest BCUT2D eigenvalue weighted by Crippen LogP contribution is 2.35. The molecule has 0 spiro atoms. The number of benzene rings is 1. The molecule has 6 nitrogen and oxygen atoms in total. The van der Waals surface area contributed by atoms with Crippen molar-refractivity contribution in [3.8, 4) is 0 Å². The zero-order valence-electron chi connectivity index (χ0n) is 15.7. The molecule has 1 aromatic carbocycles. The molecule has 1 aliphatic rings. The summed E-state index contributed by atoms with van der Waals surface area (Å²) >= 11 is 0. The third-order valence-corrected chi connectivity index (χ3v) is 5.40. The maximum absolute atomic E-state index is 12.5. The second-order valence-corrected chi connectivity index (χ2v) is 9.77. The van der Waals surface area contributed by atoms with Crippen LogP contribution >= 0.6 is 0 Å². The van der Waals surface area contributed by atoms with Gasteiger partial charge in [0.25, 0.3) is 10.1 Å². The summed E-state index contributed by atoms with van der Waals surface area (Å²) in [6.45, 7) is 11.6. The summed E-state index contributed by atoms with van der Waals surface area (Å²) in [5.41, 5.74) is -0.140. The summed E-state index contributed by atoms with van der Waals surface area (Å²) in [7, 11) is -3.89. The van der Waals surface area contributed by atoms with Crippen LogP contribution in [0.2, 0.25) is 0 Å². The van der Waals surface area contributed by atoms with Gasteiger partial charge in [-0.1, -0.05) is 31.5 Å². The van der Waals surface area contributed by atoms with Crippen LogP contribution < -0.4 is 0 Å². The van der Waals surface area contributed by atoms with Crippen molar-refractivity contribution in [2.75, 3.05) is 13.1 Å². The standard InChI is InChI=1S/C18H27NO5S/c1-13-7-9-14(10-8-13)25(21,22)24-15-11-19(12-18(15,5)6)16(20)23-17(2,3)4/h7-10,15H,11-12H2,1-6H3. The Bertz CT molecular complexity index is 732. The quantitative estimate of drug-likeness (QED) is 0.764. The minimum Gasteiger partial charge on any atom is -0.444 e.